The minimum absolute atomic E-state index is 0.0947. The van der Waals surface area contributed by atoms with Crippen molar-refractivity contribution in [1.29, 1.82) is 5.41 Å². The SMILES string of the molecule is CCOc1cnc(C(=O)Nc2cc(F)c(F)c([C@]3(C)CS(=O)(=O)N(C)C(=N)N3)c2)cn1. The van der Waals surface area contributed by atoms with Crippen LogP contribution in [0.15, 0.2) is 24.5 Å². The van der Waals surface area contributed by atoms with Gasteiger partial charge in [0.2, 0.25) is 21.9 Å². The first-order chi connectivity index (χ1) is 14.5. The quantitative estimate of drug-likeness (QED) is 0.621. The minimum atomic E-state index is -3.94. The lowest BCUT2D eigenvalue weighted by Gasteiger charge is -2.40. The predicted octanol–water partition coefficient (Wildman–Crippen LogP) is 1.42. The van der Waals surface area contributed by atoms with E-state index in [9.17, 15) is 22.0 Å². The molecule has 3 rings (SSSR count). The summed E-state index contributed by atoms with van der Waals surface area (Å²) in [5, 5.41) is 12.8. The number of carbonyl (C=O) groups excluding carboxylic acids is 1. The number of nitrogens with one attached hydrogen (secondary N) is 3. The van der Waals surface area contributed by atoms with Crippen molar-refractivity contribution in [1.82, 2.24) is 19.6 Å². The van der Waals surface area contributed by atoms with E-state index in [1.54, 1.807) is 6.92 Å². The third-order valence-corrected chi connectivity index (χ3v) is 6.59. The molecule has 1 aliphatic heterocycles. The Labute approximate surface area is 177 Å². The van der Waals surface area contributed by atoms with Crippen molar-refractivity contribution >= 4 is 27.6 Å². The van der Waals surface area contributed by atoms with Gasteiger partial charge in [0.1, 0.15) is 5.69 Å². The van der Waals surface area contributed by atoms with Crippen molar-refractivity contribution < 1.29 is 26.7 Å². The molecule has 1 aliphatic rings. The number of hydrogen-bond donors (Lipinski definition) is 3. The van der Waals surface area contributed by atoms with E-state index in [2.05, 4.69) is 20.6 Å². The van der Waals surface area contributed by atoms with Crippen LogP contribution < -0.4 is 15.4 Å². The van der Waals surface area contributed by atoms with Gasteiger partial charge in [0.05, 0.1) is 30.3 Å². The number of benzene rings is 1. The molecule has 0 saturated carbocycles. The minimum Gasteiger partial charge on any atom is -0.477 e. The van der Waals surface area contributed by atoms with E-state index in [1.807, 2.05) is 0 Å². The molecular weight excluding hydrogens is 434 g/mol. The number of amides is 1. The van der Waals surface area contributed by atoms with Crippen LogP contribution in [0.5, 0.6) is 5.88 Å². The molecule has 1 aromatic carbocycles. The van der Waals surface area contributed by atoms with E-state index in [4.69, 9.17) is 10.1 Å². The Bertz CT molecular complexity index is 1140. The number of guanidine groups is 1. The predicted molar refractivity (Wildman–Crippen MR) is 107 cm³/mol. The third-order valence-electron chi connectivity index (χ3n) is 4.63. The first kappa shape index (κ1) is 22.3. The van der Waals surface area contributed by atoms with Crippen LogP contribution in [0, 0.1) is 17.0 Å². The molecule has 1 atom stereocenters. The summed E-state index contributed by atoms with van der Waals surface area (Å²) in [6.45, 7) is 3.45. The number of carbonyl (C=O) groups is 1. The third kappa shape index (κ3) is 4.40. The number of nitrogens with zero attached hydrogens (tertiary/aromatic N) is 3. The Kier molecular flexibility index (Phi) is 5.81. The van der Waals surface area contributed by atoms with Crippen molar-refractivity contribution in [3.63, 3.8) is 0 Å². The molecule has 1 amide bonds. The van der Waals surface area contributed by atoms with Gasteiger partial charge in [-0.1, -0.05) is 0 Å². The number of ether oxygens (including phenoxy) is 1. The molecule has 31 heavy (non-hydrogen) atoms. The highest BCUT2D eigenvalue weighted by atomic mass is 32.2. The van der Waals surface area contributed by atoms with Crippen LogP contribution in [0.3, 0.4) is 0 Å². The van der Waals surface area contributed by atoms with Crippen LogP contribution >= 0.6 is 0 Å². The Hall–Kier alpha value is -3.35. The van der Waals surface area contributed by atoms with Crippen LogP contribution in [0.1, 0.15) is 29.9 Å². The lowest BCUT2D eigenvalue weighted by molar-refractivity contribution is 0.102. The van der Waals surface area contributed by atoms with Gasteiger partial charge in [-0.3, -0.25) is 10.2 Å². The van der Waals surface area contributed by atoms with Crippen molar-refractivity contribution in [3.05, 3.63) is 47.4 Å². The fraction of sp³-hybridized carbons (Fsp3) is 0.333. The molecule has 0 bridgehead atoms. The smallest absolute Gasteiger partial charge is 0.275 e. The topological polar surface area (TPSA) is 137 Å². The van der Waals surface area contributed by atoms with Crippen LogP contribution in [-0.4, -0.2) is 54.0 Å². The van der Waals surface area contributed by atoms with Gasteiger partial charge >= 0.3 is 0 Å². The molecule has 0 radical (unpaired) electrons. The molecular formula is C18H20F2N6O4S. The Morgan fingerprint density at radius 3 is 2.65 bits per heavy atom. The van der Waals surface area contributed by atoms with Crippen molar-refractivity contribution in [2.75, 3.05) is 24.7 Å². The summed E-state index contributed by atoms with van der Waals surface area (Å²) in [7, 11) is -2.77. The van der Waals surface area contributed by atoms with Crippen LogP contribution in [0.4, 0.5) is 14.5 Å². The summed E-state index contributed by atoms with van der Waals surface area (Å²) in [6, 6.07) is 1.87. The second kappa shape index (κ2) is 8.06. The van der Waals surface area contributed by atoms with E-state index < -0.39 is 44.8 Å². The van der Waals surface area contributed by atoms with Crippen LogP contribution in [-0.2, 0) is 15.6 Å². The lowest BCUT2D eigenvalue weighted by atomic mass is 9.92. The first-order valence-corrected chi connectivity index (χ1v) is 10.7. The maximum atomic E-state index is 14.6. The Balaban J connectivity index is 1.92. The van der Waals surface area contributed by atoms with E-state index in [0.29, 0.717) is 10.9 Å². The van der Waals surface area contributed by atoms with E-state index in [-0.39, 0.29) is 22.8 Å². The molecule has 2 aromatic rings. The molecule has 1 fully saturated rings. The molecule has 2 heterocycles. The second-order valence-electron chi connectivity index (χ2n) is 6.98. The first-order valence-electron chi connectivity index (χ1n) is 9.06. The van der Waals surface area contributed by atoms with Gasteiger partial charge in [0, 0.05) is 24.4 Å². The van der Waals surface area contributed by atoms with E-state index in [0.717, 1.165) is 18.3 Å². The summed E-state index contributed by atoms with van der Waals surface area (Å²) < 4.78 is 59.4. The van der Waals surface area contributed by atoms with Crippen molar-refractivity contribution in [2.45, 2.75) is 19.4 Å². The molecule has 1 aromatic heterocycles. The molecule has 10 nitrogen and oxygen atoms in total. The van der Waals surface area contributed by atoms with Crippen molar-refractivity contribution in [2.24, 2.45) is 0 Å². The van der Waals surface area contributed by atoms with Gasteiger partial charge in [-0.05, 0) is 19.9 Å². The zero-order valence-corrected chi connectivity index (χ0v) is 17.7. The summed E-state index contributed by atoms with van der Waals surface area (Å²) in [4.78, 5) is 20.2. The van der Waals surface area contributed by atoms with Gasteiger partial charge < -0.3 is 15.4 Å². The molecule has 0 aliphatic carbocycles. The Morgan fingerprint density at radius 2 is 2.06 bits per heavy atom. The number of hydrogen-bond acceptors (Lipinski definition) is 7. The highest BCUT2D eigenvalue weighted by Crippen LogP contribution is 2.32. The average Bonchev–Trinajstić information content (AvgIpc) is 2.69. The molecule has 3 N–H and O–H groups in total. The highest BCUT2D eigenvalue weighted by molar-refractivity contribution is 7.89. The van der Waals surface area contributed by atoms with Crippen molar-refractivity contribution in [3.8, 4) is 5.88 Å². The molecule has 13 heteroatoms. The van der Waals surface area contributed by atoms with Gasteiger partial charge in [0.25, 0.3) is 5.91 Å². The molecule has 166 valence electrons. The van der Waals surface area contributed by atoms with Gasteiger partial charge in [-0.25, -0.2) is 31.5 Å². The van der Waals surface area contributed by atoms with Crippen LogP contribution in [0.2, 0.25) is 0 Å². The maximum absolute atomic E-state index is 14.6. The number of rotatable bonds is 5. The van der Waals surface area contributed by atoms with E-state index in [1.165, 1.54) is 20.2 Å². The van der Waals surface area contributed by atoms with Gasteiger partial charge in [0.15, 0.2) is 11.6 Å². The van der Waals surface area contributed by atoms with Gasteiger partial charge in [-0.2, -0.15) is 0 Å². The molecule has 0 spiro atoms. The number of halogens is 2. The lowest BCUT2D eigenvalue weighted by Crippen LogP contribution is -2.61. The molecule has 0 unspecified atom stereocenters. The van der Waals surface area contributed by atoms with Crippen LogP contribution in [0.25, 0.3) is 0 Å². The summed E-state index contributed by atoms with van der Waals surface area (Å²) in [5.74, 6) is -4.23. The average molecular weight is 454 g/mol. The standard InChI is InChI=1S/C18H20F2N6O4S/c1-4-30-14-8-22-13(7-23-14)16(27)24-10-5-11(15(20)12(19)6-10)18(2)9-31(28,29)26(3)17(21)25-18/h5-8H,4,9H2,1-3H3,(H2,21,25)(H,24,27)/t18-/m0/s1. The summed E-state index contributed by atoms with van der Waals surface area (Å²) in [5.41, 5.74) is -2.22. The zero-order valence-electron chi connectivity index (χ0n) is 16.9. The highest BCUT2D eigenvalue weighted by Gasteiger charge is 2.44. The van der Waals surface area contributed by atoms with Gasteiger partial charge in [-0.15, -0.1) is 0 Å². The Morgan fingerprint density at radius 1 is 1.35 bits per heavy atom. The number of sulfonamides is 1. The second-order valence-corrected chi connectivity index (χ2v) is 8.98. The maximum Gasteiger partial charge on any atom is 0.275 e. The summed E-state index contributed by atoms with van der Waals surface area (Å²) in [6.07, 6.45) is 2.41. The number of aromatic nitrogens is 2. The van der Waals surface area contributed by atoms with E-state index >= 15 is 0 Å². The normalized spacial score (nSPS) is 20.2. The summed E-state index contributed by atoms with van der Waals surface area (Å²) >= 11 is 0. The monoisotopic (exact) mass is 454 g/mol. The zero-order chi connectivity index (χ0) is 23.0. The molecule has 1 saturated heterocycles. The fourth-order valence-electron chi connectivity index (χ4n) is 3.04. The largest absolute Gasteiger partial charge is 0.477 e. The number of anilines is 1. The fourth-order valence-corrected chi connectivity index (χ4v) is 4.51.